The van der Waals surface area contributed by atoms with E-state index >= 15 is 0 Å². The number of amides is 3. The fourth-order valence-electron chi connectivity index (χ4n) is 3.14. The lowest BCUT2D eigenvalue weighted by molar-refractivity contribution is -0.113. The van der Waals surface area contributed by atoms with Crippen LogP contribution in [0.4, 0.5) is 10.5 Å². The Balaban J connectivity index is 1.77. The van der Waals surface area contributed by atoms with Crippen LogP contribution in [0, 0.1) is 0 Å². The maximum Gasteiger partial charge on any atom is 0.333 e. The summed E-state index contributed by atoms with van der Waals surface area (Å²) in [5, 5.41) is 4.94. The van der Waals surface area contributed by atoms with E-state index in [1.54, 1.807) is 37.5 Å². The zero-order chi connectivity index (χ0) is 19.0. The number of carbonyl (C=O) groups excluding carboxylic acids is 2. The van der Waals surface area contributed by atoms with Gasteiger partial charge in [0.05, 0.1) is 12.8 Å². The van der Waals surface area contributed by atoms with Crippen LogP contribution in [0.25, 0.3) is 16.8 Å². The number of urea groups is 1. The average Bonchev–Trinajstić information content (AvgIpc) is 2.95. The molecule has 1 aliphatic heterocycles. The molecule has 0 spiro atoms. The van der Waals surface area contributed by atoms with Crippen LogP contribution in [-0.4, -0.2) is 19.0 Å². The van der Waals surface area contributed by atoms with E-state index in [9.17, 15) is 9.59 Å². The number of nitrogens with one attached hydrogen (secondary N) is 1. The lowest BCUT2D eigenvalue weighted by Gasteiger charge is -2.11. The highest BCUT2D eigenvalue weighted by Crippen LogP contribution is 2.31. The van der Waals surface area contributed by atoms with E-state index in [4.69, 9.17) is 16.3 Å². The Hall–Kier alpha value is -3.31. The van der Waals surface area contributed by atoms with E-state index in [2.05, 4.69) is 5.32 Å². The van der Waals surface area contributed by atoms with Crippen molar-refractivity contribution in [2.24, 2.45) is 0 Å². The molecule has 6 heteroatoms. The van der Waals surface area contributed by atoms with Gasteiger partial charge in [-0.05, 0) is 41.3 Å². The number of methoxy groups -OCH3 is 1. The van der Waals surface area contributed by atoms with E-state index in [-0.39, 0.29) is 5.70 Å². The quantitative estimate of drug-likeness (QED) is 0.535. The number of hydrogen-bond acceptors (Lipinski definition) is 3. The fraction of sp³-hybridized carbons (Fsp3) is 0.0476. The van der Waals surface area contributed by atoms with Crippen molar-refractivity contribution in [1.82, 2.24) is 5.32 Å². The number of halogens is 1. The molecule has 0 bridgehead atoms. The summed E-state index contributed by atoms with van der Waals surface area (Å²) in [6.07, 6.45) is 1.67. The number of rotatable bonds is 3. The standard InChI is InChI=1S/C21H15ClN2O3/c1-27-19-10-9-13(16-7-2-3-8-17(16)19)11-18-20(25)24(21(26)23-18)15-6-4-5-14(22)12-15/h2-12H,1H3,(H,23,26). The maximum atomic E-state index is 12.8. The SMILES string of the molecule is COc1ccc(C=C2NC(=O)N(c3cccc(Cl)c3)C2=O)c2ccccc12. The van der Waals surface area contributed by atoms with Crippen molar-refractivity contribution >= 4 is 46.1 Å². The number of benzene rings is 3. The molecule has 4 rings (SSSR count). The topological polar surface area (TPSA) is 58.6 Å². The molecular weight excluding hydrogens is 364 g/mol. The highest BCUT2D eigenvalue weighted by Gasteiger charge is 2.35. The molecule has 0 atom stereocenters. The summed E-state index contributed by atoms with van der Waals surface area (Å²) in [7, 11) is 1.61. The summed E-state index contributed by atoms with van der Waals surface area (Å²) < 4.78 is 5.40. The third-order valence-electron chi connectivity index (χ3n) is 4.38. The number of hydrogen-bond donors (Lipinski definition) is 1. The van der Waals surface area contributed by atoms with Crippen molar-refractivity contribution in [3.8, 4) is 5.75 Å². The smallest absolute Gasteiger partial charge is 0.333 e. The van der Waals surface area contributed by atoms with Gasteiger partial charge in [0.2, 0.25) is 0 Å². The van der Waals surface area contributed by atoms with Gasteiger partial charge in [-0.3, -0.25) is 4.79 Å². The van der Waals surface area contributed by atoms with Crippen LogP contribution in [0.1, 0.15) is 5.56 Å². The molecule has 0 aliphatic carbocycles. The molecule has 1 aliphatic rings. The van der Waals surface area contributed by atoms with Crippen LogP contribution in [0.15, 0.2) is 66.4 Å². The normalized spacial score (nSPS) is 15.5. The summed E-state index contributed by atoms with van der Waals surface area (Å²) in [5.74, 6) is 0.317. The first-order valence-electron chi connectivity index (χ1n) is 8.27. The van der Waals surface area contributed by atoms with Crippen LogP contribution in [0.5, 0.6) is 5.75 Å². The van der Waals surface area contributed by atoms with Crippen molar-refractivity contribution in [3.05, 3.63) is 76.9 Å². The minimum Gasteiger partial charge on any atom is -0.496 e. The first-order valence-corrected chi connectivity index (χ1v) is 8.65. The highest BCUT2D eigenvalue weighted by molar-refractivity contribution is 6.32. The number of nitrogens with zero attached hydrogens (tertiary/aromatic N) is 1. The van der Waals surface area contributed by atoms with Gasteiger partial charge >= 0.3 is 6.03 Å². The molecule has 3 amide bonds. The minimum absolute atomic E-state index is 0.204. The van der Waals surface area contributed by atoms with Gasteiger partial charge in [-0.1, -0.05) is 48.0 Å². The zero-order valence-corrected chi connectivity index (χ0v) is 15.2. The molecule has 27 heavy (non-hydrogen) atoms. The number of ether oxygens (including phenoxy) is 1. The summed E-state index contributed by atoms with van der Waals surface area (Å²) in [4.78, 5) is 26.2. The number of anilines is 1. The number of carbonyl (C=O) groups is 2. The Bertz CT molecular complexity index is 1110. The summed E-state index contributed by atoms with van der Waals surface area (Å²) in [5.41, 5.74) is 1.44. The van der Waals surface area contributed by atoms with E-state index < -0.39 is 11.9 Å². The van der Waals surface area contributed by atoms with E-state index in [0.29, 0.717) is 10.7 Å². The van der Waals surface area contributed by atoms with Gasteiger partial charge in [0.1, 0.15) is 11.4 Å². The first kappa shape index (κ1) is 17.1. The average molecular weight is 379 g/mol. The van der Waals surface area contributed by atoms with E-state index in [1.165, 1.54) is 0 Å². The van der Waals surface area contributed by atoms with Gasteiger partial charge in [0.25, 0.3) is 5.91 Å². The van der Waals surface area contributed by atoms with Gasteiger partial charge in [0, 0.05) is 10.4 Å². The predicted molar refractivity (Wildman–Crippen MR) is 106 cm³/mol. The molecule has 5 nitrogen and oxygen atoms in total. The second-order valence-corrected chi connectivity index (χ2v) is 6.45. The lowest BCUT2D eigenvalue weighted by atomic mass is 10.0. The molecule has 1 N–H and O–H groups in total. The maximum absolute atomic E-state index is 12.8. The number of fused-ring (bicyclic) bond motifs is 1. The van der Waals surface area contributed by atoms with Crippen molar-refractivity contribution < 1.29 is 14.3 Å². The summed E-state index contributed by atoms with van der Waals surface area (Å²) in [6.45, 7) is 0. The van der Waals surface area contributed by atoms with Crippen LogP contribution in [-0.2, 0) is 4.79 Å². The van der Waals surface area contributed by atoms with Crippen LogP contribution in [0.2, 0.25) is 5.02 Å². The fourth-order valence-corrected chi connectivity index (χ4v) is 3.32. The first-order chi connectivity index (χ1) is 13.1. The molecule has 1 fully saturated rings. The second kappa shape index (κ2) is 6.78. The minimum atomic E-state index is -0.508. The van der Waals surface area contributed by atoms with Gasteiger partial charge in [-0.2, -0.15) is 0 Å². The van der Waals surface area contributed by atoms with Crippen LogP contribution < -0.4 is 15.0 Å². The Morgan fingerprint density at radius 2 is 1.78 bits per heavy atom. The monoisotopic (exact) mass is 378 g/mol. The Morgan fingerprint density at radius 3 is 2.52 bits per heavy atom. The highest BCUT2D eigenvalue weighted by atomic mass is 35.5. The molecule has 3 aromatic rings. The summed E-state index contributed by atoms with van der Waals surface area (Å²) in [6, 6.07) is 17.5. The molecular formula is C21H15ClN2O3. The third kappa shape index (κ3) is 3.02. The van der Waals surface area contributed by atoms with Crippen LogP contribution in [0.3, 0.4) is 0 Å². The van der Waals surface area contributed by atoms with Crippen LogP contribution >= 0.6 is 11.6 Å². The third-order valence-corrected chi connectivity index (χ3v) is 4.62. The van der Waals surface area contributed by atoms with Crippen molar-refractivity contribution in [3.63, 3.8) is 0 Å². The molecule has 0 radical (unpaired) electrons. The molecule has 0 unspecified atom stereocenters. The number of imide groups is 1. The Morgan fingerprint density at radius 1 is 1.00 bits per heavy atom. The lowest BCUT2D eigenvalue weighted by Crippen LogP contribution is -2.30. The van der Waals surface area contributed by atoms with E-state index in [0.717, 1.165) is 27.0 Å². The molecule has 1 saturated heterocycles. The molecule has 0 saturated carbocycles. The van der Waals surface area contributed by atoms with Crippen molar-refractivity contribution in [1.29, 1.82) is 0 Å². The van der Waals surface area contributed by atoms with E-state index in [1.807, 2.05) is 36.4 Å². The molecule has 0 aromatic heterocycles. The molecule has 3 aromatic carbocycles. The van der Waals surface area contributed by atoms with Gasteiger partial charge in [0.15, 0.2) is 0 Å². The predicted octanol–water partition coefficient (Wildman–Crippen LogP) is 4.60. The van der Waals surface area contributed by atoms with Crippen molar-refractivity contribution in [2.75, 3.05) is 12.0 Å². The molecule has 134 valence electrons. The zero-order valence-electron chi connectivity index (χ0n) is 14.4. The van der Waals surface area contributed by atoms with Gasteiger partial charge in [-0.15, -0.1) is 0 Å². The van der Waals surface area contributed by atoms with Crippen molar-refractivity contribution in [2.45, 2.75) is 0 Å². The Labute approximate surface area is 160 Å². The Kier molecular flexibility index (Phi) is 4.30. The van der Waals surface area contributed by atoms with Gasteiger partial charge < -0.3 is 10.1 Å². The van der Waals surface area contributed by atoms with Gasteiger partial charge in [-0.25, -0.2) is 9.69 Å². The summed E-state index contributed by atoms with van der Waals surface area (Å²) >= 11 is 5.98. The second-order valence-electron chi connectivity index (χ2n) is 6.01. The molecule has 1 heterocycles. The largest absolute Gasteiger partial charge is 0.496 e.